The summed E-state index contributed by atoms with van der Waals surface area (Å²) < 4.78 is 10.9. The molecule has 1 aliphatic rings. The number of morpholine rings is 1. The molecule has 1 atom stereocenters. The molecule has 0 radical (unpaired) electrons. The van der Waals surface area contributed by atoms with Crippen molar-refractivity contribution in [2.45, 2.75) is 19.4 Å². The van der Waals surface area contributed by atoms with Crippen LogP contribution < -0.4 is 5.32 Å². The van der Waals surface area contributed by atoms with Crippen LogP contribution in [0.3, 0.4) is 0 Å². The van der Waals surface area contributed by atoms with E-state index in [4.69, 9.17) is 9.47 Å². The minimum absolute atomic E-state index is 0.235. The molecule has 13 heavy (non-hydrogen) atoms. The van der Waals surface area contributed by atoms with Crippen molar-refractivity contribution in [1.82, 2.24) is 5.32 Å². The molecule has 1 fully saturated rings. The van der Waals surface area contributed by atoms with E-state index >= 15 is 0 Å². The van der Waals surface area contributed by atoms with E-state index in [2.05, 4.69) is 11.9 Å². The van der Waals surface area contributed by atoms with Crippen LogP contribution in [0, 0.1) is 0 Å². The standard InChI is InChI=1S/C10H19NO2/c1-9(2)3-5-12-8-10-7-11-4-6-13-10/h10-11H,1,3-8H2,2H3. The Morgan fingerprint density at radius 1 is 1.69 bits per heavy atom. The van der Waals surface area contributed by atoms with Gasteiger partial charge in [-0.15, -0.1) is 6.58 Å². The van der Waals surface area contributed by atoms with Crippen molar-refractivity contribution < 1.29 is 9.47 Å². The van der Waals surface area contributed by atoms with Gasteiger partial charge in [0, 0.05) is 13.1 Å². The first-order chi connectivity index (χ1) is 6.29. The molecule has 1 heterocycles. The van der Waals surface area contributed by atoms with Crippen molar-refractivity contribution >= 4 is 0 Å². The number of nitrogens with one attached hydrogen (secondary N) is 1. The lowest BCUT2D eigenvalue weighted by Gasteiger charge is -2.23. The zero-order chi connectivity index (χ0) is 9.52. The molecule has 0 bridgehead atoms. The number of rotatable bonds is 5. The summed E-state index contributed by atoms with van der Waals surface area (Å²) >= 11 is 0. The second kappa shape index (κ2) is 6.13. The van der Waals surface area contributed by atoms with Crippen LogP contribution in [0.1, 0.15) is 13.3 Å². The molecule has 0 saturated carbocycles. The molecule has 1 N–H and O–H groups in total. The Kier molecular flexibility index (Phi) is 5.05. The minimum atomic E-state index is 0.235. The van der Waals surface area contributed by atoms with Gasteiger partial charge in [0.15, 0.2) is 0 Å². The lowest BCUT2D eigenvalue weighted by Crippen LogP contribution is -2.41. The first-order valence-corrected chi connectivity index (χ1v) is 4.83. The van der Waals surface area contributed by atoms with Crippen LogP contribution >= 0.6 is 0 Å². The maximum Gasteiger partial charge on any atom is 0.0933 e. The van der Waals surface area contributed by atoms with Gasteiger partial charge < -0.3 is 14.8 Å². The van der Waals surface area contributed by atoms with E-state index in [1.165, 1.54) is 5.57 Å². The van der Waals surface area contributed by atoms with E-state index in [1.807, 2.05) is 6.92 Å². The van der Waals surface area contributed by atoms with Crippen molar-refractivity contribution in [1.29, 1.82) is 0 Å². The Morgan fingerprint density at radius 2 is 2.54 bits per heavy atom. The molecule has 0 aromatic heterocycles. The van der Waals surface area contributed by atoms with Crippen LogP contribution in [-0.2, 0) is 9.47 Å². The van der Waals surface area contributed by atoms with E-state index in [1.54, 1.807) is 0 Å². The van der Waals surface area contributed by atoms with Crippen LogP contribution in [0.5, 0.6) is 0 Å². The average molecular weight is 185 g/mol. The average Bonchev–Trinajstić information content (AvgIpc) is 2.14. The number of hydrogen-bond acceptors (Lipinski definition) is 3. The zero-order valence-corrected chi connectivity index (χ0v) is 8.34. The molecule has 0 aromatic carbocycles. The molecule has 0 aromatic rings. The summed E-state index contributed by atoms with van der Waals surface area (Å²) in [4.78, 5) is 0. The largest absolute Gasteiger partial charge is 0.378 e. The first-order valence-electron chi connectivity index (χ1n) is 4.83. The Labute approximate surface area is 80.1 Å². The lowest BCUT2D eigenvalue weighted by molar-refractivity contribution is -0.0306. The summed E-state index contributed by atoms with van der Waals surface area (Å²) in [5.41, 5.74) is 1.17. The molecule has 1 unspecified atom stereocenters. The lowest BCUT2D eigenvalue weighted by atomic mass is 10.2. The minimum Gasteiger partial charge on any atom is -0.378 e. The highest BCUT2D eigenvalue weighted by atomic mass is 16.5. The molecule has 76 valence electrons. The maximum atomic E-state index is 5.48. The SMILES string of the molecule is C=C(C)CCOCC1CNCCO1. The van der Waals surface area contributed by atoms with Crippen LogP contribution in [0.15, 0.2) is 12.2 Å². The highest BCUT2D eigenvalue weighted by molar-refractivity contribution is 4.87. The monoisotopic (exact) mass is 185 g/mol. The second-order valence-electron chi connectivity index (χ2n) is 3.48. The van der Waals surface area contributed by atoms with Crippen molar-refractivity contribution in [3.05, 3.63) is 12.2 Å². The fourth-order valence-corrected chi connectivity index (χ4v) is 1.19. The summed E-state index contributed by atoms with van der Waals surface area (Å²) in [5.74, 6) is 0. The summed E-state index contributed by atoms with van der Waals surface area (Å²) in [5, 5.41) is 3.26. The summed E-state index contributed by atoms with van der Waals surface area (Å²) in [6, 6.07) is 0. The van der Waals surface area contributed by atoms with Gasteiger partial charge in [-0.1, -0.05) is 5.57 Å². The first kappa shape index (κ1) is 10.7. The van der Waals surface area contributed by atoms with E-state index in [-0.39, 0.29) is 6.10 Å². The van der Waals surface area contributed by atoms with Gasteiger partial charge in [-0.05, 0) is 13.3 Å². The fourth-order valence-electron chi connectivity index (χ4n) is 1.19. The molecule has 0 spiro atoms. The van der Waals surface area contributed by atoms with Gasteiger partial charge >= 0.3 is 0 Å². The third kappa shape index (κ3) is 5.03. The molecule has 0 aliphatic carbocycles. The van der Waals surface area contributed by atoms with Gasteiger partial charge in [-0.2, -0.15) is 0 Å². The normalized spacial score (nSPS) is 23.0. The summed E-state index contributed by atoms with van der Waals surface area (Å²) in [6.07, 6.45) is 1.18. The van der Waals surface area contributed by atoms with E-state index < -0.39 is 0 Å². The predicted octanol–water partition coefficient (Wildman–Crippen LogP) is 0.958. The quantitative estimate of drug-likeness (QED) is 0.511. The van der Waals surface area contributed by atoms with Crippen molar-refractivity contribution in [3.8, 4) is 0 Å². The zero-order valence-electron chi connectivity index (χ0n) is 8.34. The van der Waals surface area contributed by atoms with Gasteiger partial charge in [-0.3, -0.25) is 0 Å². The fraction of sp³-hybridized carbons (Fsp3) is 0.800. The smallest absolute Gasteiger partial charge is 0.0933 e. The van der Waals surface area contributed by atoms with Gasteiger partial charge in [0.05, 0.1) is 25.9 Å². The molecule has 1 saturated heterocycles. The Bertz CT molecular complexity index is 153. The Balaban J connectivity index is 1.95. The molecular formula is C10H19NO2. The van der Waals surface area contributed by atoms with E-state index in [0.29, 0.717) is 6.61 Å². The molecular weight excluding hydrogens is 166 g/mol. The van der Waals surface area contributed by atoms with Crippen LogP contribution in [-0.4, -0.2) is 39.0 Å². The molecule has 0 amide bonds. The van der Waals surface area contributed by atoms with Gasteiger partial charge in [0.25, 0.3) is 0 Å². The van der Waals surface area contributed by atoms with Gasteiger partial charge in [-0.25, -0.2) is 0 Å². The Hall–Kier alpha value is -0.380. The topological polar surface area (TPSA) is 30.5 Å². The van der Waals surface area contributed by atoms with Crippen molar-refractivity contribution in [2.24, 2.45) is 0 Å². The van der Waals surface area contributed by atoms with Crippen molar-refractivity contribution in [3.63, 3.8) is 0 Å². The maximum absolute atomic E-state index is 5.48. The molecule has 1 aliphatic heterocycles. The highest BCUT2D eigenvalue weighted by Gasteiger charge is 2.12. The third-order valence-electron chi connectivity index (χ3n) is 1.98. The van der Waals surface area contributed by atoms with Crippen molar-refractivity contribution in [2.75, 3.05) is 32.9 Å². The summed E-state index contributed by atoms with van der Waals surface area (Å²) in [6.45, 7) is 9.96. The molecule has 3 nitrogen and oxygen atoms in total. The van der Waals surface area contributed by atoms with Crippen LogP contribution in [0.2, 0.25) is 0 Å². The van der Waals surface area contributed by atoms with Crippen LogP contribution in [0.4, 0.5) is 0 Å². The number of hydrogen-bond donors (Lipinski definition) is 1. The van der Waals surface area contributed by atoms with E-state index in [9.17, 15) is 0 Å². The Morgan fingerprint density at radius 3 is 3.15 bits per heavy atom. The third-order valence-corrected chi connectivity index (χ3v) is 1.98. The predicted molar refractivity (Wildman–Crippen MR) is 52.9 cm³/mol. The van der Waals surface area contributed by atoms with E-state index in [0.717, 1.165) is 32.7 Å². The number of ether oxygens (including phenoxy) is 2. The second-order valence-corrected chi connectivity index (χ2v) is 3.48. The van der Waals surface area contributed by atoms with Crippen LogP contribution in [0.25, 0.3) is 0 Å². The summed E-state index contributed by atoms with van der Waals surface area (Å²) in [7, 11) is 0. The van der Waals surface area contributed by atoms with Gasteiger partial charge in [0.1, 0.15) is 0 Å². The van der Waals surface area contributed by atoms with Gasteiger partial charge in [0.2, 0.25) is 0 Å². The highest BCUT2D eigenvalue weighted by Crippen LogP contribution is 1.99. The molecule has 1 rings (SSSR count). The molecule has 3 heteroatoms.